The fourth-order valence-corrected chi connectivity index (χ4v) is 3.67. The Balaban J connectivity index is 0.00000155. The van der Waals surface area contributed by atoms with Crippen LogP contribution < -0.4 is 16.4 Å². The molecule has 1 aliphatic heterocycles. The number of nitrogens with two attached hydrogens (primary N) is 1. The van der Waals surface area contributed by atoms with Gasteiger partial charge in [0.1, 0.15) is 5.82 Å². The highest BCUT2D eigenvalue weighted by atomic mass is 16.2. The minimum Gasteiger partial charge on any atom is -0.376 e. The van der Waals surface area contributed by atoms with E-state index in [1.807, 2.05) is 18.7 Å². The van der Waals surface area contributed by atoms with Gasteiger partial charge in [-0.25, -0.2) is 4.98 Å². The van der Waals surface area contributed by atoms with Crippen LogP contribution in [0.4, 0.5) is 17.5 Å². The summed E-state index contributed by atoms with van der Waals surface area (Å²) < 4.78 is 0. The van der Waals surface area contributed by atoms with E-state index in [1.54, 1.807) is 12.3 Å². The van der Waals surface area contributed by atoms with Crippen LogP contribution in [-0.4, -0.2) is 46.5 Å². The average Bonchev–Trinajstić information content (AvgIpc) is 2.73. The maximum atomic E-state index is 12.7. The van der Waals surface area contributed by atoms with E-state index in [1.165, 1.54) is 11.1 Å². The number of amides is 1. The number of rotatable bonds is 7. The van der Waals surface area contributed by atoms with Crippen LogP contribution in [-0.2, 0) is 11.2 Å². The lowest BCUT2D eigenvalue weighted by Gasteiger charge is -2.33. The molecule has 7 heteroatoms. The standard InChI is InChI=1S/C21H30N6O.C2H6/c1-3-5-16-10-15(2)11-18(12-16)24-13-20(28)27-9-4-6-17(14-27)25-19-7-8-23-21(22)26-19;1-2/h7-8,10-12,17,24H,3-6,9,13-14H2,1-2H3,(H3,22,23,25,26);1-2H3. The molecule has 1 aromatic carbocycles. The predicted octanol–water partition coefficient (Wildman–Crippen LogP) is 3.86. The molecule has 4 N–H and O–H groups in total. The van der Waals surface area contributed by atoms with E-state index in [9.17, 15) is 4.79 Å². The van der Waals surface area contributed by atoms with Gasteiger partial charge >= 0.3 is 0 Å². The molecule has 0 spiro atoms. The molecule has 0 radical (unpaired) electrons. The molecule has 2 heterocycles. The topological polar surface area (TPSA) is 96.2 Å². The van der Waals surface area contributed by atoms with Gasteiger partial charge in [-0.15, -0.1) is 0 Å². The second-order valence-corrected chi connectivity index (χ2v) is 7.43. The van der Waals surface area contributed by atoms with Crippen molar-refractivity contribution in [3.8, 4) is 0 Å². The van der Waals surface area contributed by atoms with Gasteiger partial charge in [0, 0.05) is 31.0 Å². The number of hydrogen-bond acceptors (Lipinski definition) is 6. The Morgan fingerprint density at radius 2 is 2.10 bits per heavy atom. The maximum Gasteiger partial charge on any atom is 0.241 e. The molecule has 1 saturated heterocycles. The van der Waals surface area contributed by atoms with Crippen LogP contribution in [0.5, 0.6) is 0 Å². The first-order valence-electron chi connectivity index (χ1n) is 11.0. The van der Waals surface area contributed by atoms with E-state index < -0.39 is 0 Å². The first-order valence-corrected chi connectivity index (χ1v) is 11.0. The van der Waals surface area contributed by atoms with Crippen LogP contribution in [0, 0.1) is 6.92 Å². The second kappa shape index (κ2) is 12.0. The third-order valence-electron chi connectivity index (χ3n) is 4.92. The average molecular weight is 413 g/mol. The Bertz CT molecular complexity index is 810. The van der Waals surface area contributed by atoms with Crippen LogP contribution in [0.3, 0.4) is 0 Å². The molecule has 164 valence electrons. The van der Waals surface area contributed by atoms with Crippen molar-refractivity contribution in [3.63, 3.8) is 0 Å². The normalized spacial score (nSPS) is 15.7. The zero-order chi connectivity index (χ0) is 21.9. The molecule has 1 atom stereocenters. The van der Waals surface area contributed by atoms with Crippen molar-refractivity contribution >= 4 is 23.4 Å². The fraction of sp³-hybridized carbons (Fsp3) is 0.522. The van der Waals surface area contributed by atoms with Gasteiger partial charge in [0.2, 0.25) is 11.9 Å². The van der Waals surface area contributed by atoms with Gasteiger partial charge in [-0.2, -0.15) is 4.98 Å². The quantitative estimate of drug-likeness (QED) is 0.639. The molecule has 0 aliphatic carbocycles. The molecule has 1 unspecified atom stereocenters. The van der Waals surface area contributed by atoms with E-state index in [2.05, 4.69) is 52.6 Å². The summed E-state index contributed by atoms with van der Waals surface area (Å²) >= 11 is 0. The lowest BCUT2D eigenvalue weighted by Crippen LogP contribution is -2.47. The van der Waals surface area contributed by atoms with Crippen LogP contribution in [0.15, 0.2) is 30.5 Å². The summed E-state index contributed by atoms with van der Waals surface area (Å²) in [4.78, 5) is 22.7. The summed E-state index contributed by atoms with van der Waals surface area (Å²) in [6.07, 6.45) is 5.77. The number of nitrogens with one attached hydrogen (secondary N) is 2. The number of aryl methyl sites for hydroxylation is 2. The van der Waals surface area contributed by atoms with Gasteiger partial charge in [-0.1, -0.05) is 33.3 Å². The van der Waals surface area contributed by atoms with Crippen LogP contribution in [0.2, 0.25) is 0 Å². The molecule has 1 amide bonds. The van der Waals surface area contributed by atoms with E-state index in [-0.39, 0.29) is 17.9 Å². The Hall–Kier alpha value is -2.83. The summed E-state index contributed by atoms with van der Waals surface area (Å²) in [5.41, 5.74) is 9.18. The molecular formula is C23H36N6O. The van der Waals surface area contributed by atoms with Gasteiger partial charge in [-0.05, 0) is 55.5 Å². The van der Waals surface area contributed by atoms with Crippen molar-refractivity contribution in [1.82, 2.24) is 14.9 Å². The Labute approximate surface area is 180 Å². The van der Waals surface area contributed by atoms with Gasteiger partial charge in [0.25, 0.3) is 0 Å². The number of aromatic nitrogens is 2. The van der Waals surface area contributed by atoms with Gasteiger partial charge < -0.3 is 21.3 Å². The van der Waals surface area contributed by atoms with Gasteiger partial charge in [-0.3, -0.25) is 4.79 Å². The first-order chi connectivity index (χ1) is 14.5. The number of likely N-dealkylation sites (tertiary alicyclic amines) is 1. The molecule has 30 heavy (non-hydrogen) atoms. The molecule has 7 nitrogen and oxygen atoms in total. The highest BCUT2D eigenvalue weighted by molar-refractivity contribution is 5.81. The number of anilines is 3. The number of benzene rings is 1. The molecule has 1 aromatic heterocycles. The molecule has 2 aromatic rings. The molecule has 1 aliphatic rings. The van der Waals surface area contributed by atoms with E-state index in [0.717, 1.165) is 37.9 Å². The van der Waals surface area contributed by atoms with Crippen molar-refractivity contribution < 1.29 is 4.79 Å². The second-order valence-electron chi connectivity index (χ2n) is 7.43. The smallest absolute Gasteiger partial charge is 0.241 e. The SMILES string of the molecule is CC.CCCc1cc(C)cc(NCC(=O)N2CCCC(Nc3ccnc(N)n3)C2)c1. The van der Waals surface area contributed by atoms with E-state index >= 15 is 0 Å². The fourth-order valence-electron chi connectivity index (χ4n) is 3.67. The van der Waals surface area contributed by atoms with Crippen LogP contribution in [0.25, 0.3) is 0 Å². The number of piperidine rings is 1. The first kappa shape index (κ1) is 23.4. The van der Waals surface area contributed by atoms with Gasteiger partial charge in [0.05, 0.1) is 6.54 Å². The highest BCUT2D eigenvalue weighted by Gasteiger charge is 2.23. The van der Waals surface area contributed by atoms with E-state index in [0.29, 0.717) is 18.9 Å². The summed E-state index contributed by atoms with van der Waals surface area (Å²) in [5.74, 6) is 1.07. The highest BCUT2D eigenvalue weighted by Crippen LogP contribution is 2.17. The number of hydrogen-bond donors (Lipinski definition) is 3. The summed E-state index contributed by atoms with van der Waals surface area (Å²) in [7, 11) is 0. The number of nitrogen functional groups attached to an aromatic ring is 1. The minimum atomic E-state index is 0.118. The zero-order valence-electron chi connectivity index (χ0n) is 18.7. The number of carbonyl (C=O) groups is 1. The molecule has 0 bridgehead atoms. The number of carbonyl (C=O) groups excluding carboxylic acids is 1. The van der Waals surface area contributed by atoms with Gasteiger partial charge in [0.15, 0.2) is 0 Å². The Morgan fingerprint density at radius 3 is 2.83 bits per heavy atom. The van der Waals surface area contributed by atoms with Crippen molar-refractivity contribution in [1.29, 1.82) is 0 Å². The van der Waals surface area contributed by atoms with Crippen LogP contribution in [0.1, 0.15) is 51.2 Å². The van der Waals surface area contributed by atoms with Crippen molar-refractivity contribution in [2.75, 3.05) is 36.0 Å². The molecule has 1 fully saturated rings. The summed E-state index contributed by atoms with van der Waals surface area (Å²) in [6.45, 7) is 10.0. The minimum absolute atomic E-state index is 0.118. The third-order valence-corrected chi connectivity index (χ3v) is 4.92. The van der Waals surface area contributed by atoms with Crippen molar-refractivity contribution in [3.05, 3.63) is 41.6 Å². The maximum absolute atomic E-state index is 12.7. The Morgan fingerprint density at radius 1 is 1.30 bits per heavy atom. The number of nitrogens with zero attached hydrogens (tertiary/aromatic N) is 3. The monoisotopic (exact) mass is 412 g/mol. The molecule has 0 saturated carbocycles. The molecular weight excluding hydrogens is 376 g/mol. The van der Waals surface area contributed by atoms with E-state index in [4.69, 9.17) is 5.73 Å². The summed E-state index contributed by atoms with van der Waals surface area (Å²) in [6, 6.07) is 8.40. The predicted molar refractivity (Wildman–Crippen MR) is 125 cm³/mol. The van der Waals surface area contributed by atoms with Crippen molar-refractivity contribution in [2.45, 2.75) is 59.4 Å². The molecule has 3 rings (SSSR count). The Kier molecular flexibility index (Phi) is 9.38. The largest absolute Gasteiger partial charge is 0.376 e. The lowest BCUT2D eigenvalue weighted by molar-refractivity contribution is -0.130. The summed E-state index contributed by atoms with van der Waals surface area (Å²) in [5, 5.41) is 6.67. The lowest BCUT2D eigenvalue weighted by atomic mass is 10.1. The zero-order valence-corrected chi connectivity index (χ0v) is 18.7. The third kappa shape index (κ3) is 7.21. The van der Waals surface area contributed by atoms with Crippen molar-refractivity contribution in [2.24, 2.45) is 0 Å². The van der Waals surface area contributed by atoms with Crippen LogP contribution >= 0.6 is 0 Å².